The van der Waals surface area contributed by atoms with E-state index in [0.717, 1.165) is 0 Å². The van der Waals surface area contributed by atoms with Gasteiger partial charge in [-0.2, -0.15) is 5.26 Å². The molecule has 0 spiro atoms. The van der Waals surface area contributed by atoms with Gasteiger partial charge in [0.05, 0.1) is 30.5 Å². The van der Waals surface area contributed by atoms with E-state index in [2.05, 4.69) is 16.4 Å². The minimum absolute atomic E-state index is 0.0177. The number of nitriles is 1. The zero-order valence-electron chi connectivity index (χ0n) is 9.51. The molecule has 90 valence electrons. The van der Waals surface area contributed by atoms with Gasteiger partial charge in [0.2, 0.25) is 0 Å². The normalized spacial score (nSPS) is 23.3. The number of nitrogens with zero attached hydrogens (tertiary/aromatic N) is 2. The summed E-state index contributed by atoms with van der Waals surface area (Å²) in [5.74, 6) is 0.374. The molecule has 1 saturated heterocycles. The minimum Gasteiger partial charge on any atom is -0.384 e. The Bertz CT molecular complexity index is 444. The monoisotopic (exact) mass is 234 g/mol. The highest BCUT2D eigenvalue weighted by atomic mass is 16.5. The van der Waals surface area contributed by atoms with Gasteiger partial charge in [-0.05, 0) is 0 Å². The number of nitrogens with one attached hydrogen (secondary N) is 1. The van der Waals surface area contributed by atoms with E-state index in [1.165, 1.54) is 6.20 Å². The van der Waals surface area contributed by atoms with Crippen LogP contribution in [0, 0.1) is 11.3 Å². The standard InChI is InChI=1S/C11H14N4O2/c1-16-10-6-17-5-9(10)15-8-2-11(13)14-4-7(8)3-12/h2,4,9-10H,5-6H2,1H3,(H3,13,14,15)/t9-,10-/m0/s1. The van der Waals surface area contributed by atoms with E-state index in [4.69, 9.17) is 20.5 Å². The number of methoxy groups -OCH3 is 1. The minimum atomic E-state index is -0.0177. The van der Waals surface area contributed by atoms with Crippen molar-refractivity contribution in [3.8, 4) is 6.07 Å². The predicted molar refractivity (Wildman–Crippen MR) is 62.4 cm³/mol. The summed E-state index contributed by atoms with van der Waals surface area (Å²) < 4.78 is 10.6. The van der Waals surface area contributed by atoms with Gasteiger partial charge in [0.25, 0.3) is 0 Å². The number of hydrogen-bond donors (Lipinski definition) is 2. The first-order chi connectivity index (χ1) is 8.24. The van der Waals surface area contributed by atoms with Gasteiger partial charge in [-0.1, -0.05) is 0 Å². The highest BCUT2D eigenvalue weighted by Gasteiger charge is 2.28. The molecule has 0 aromatic carbocycles. The summed E-state index contributed by atoms with van der Waals surface area (Å²) in [6.45, 7) is 1.10. The molecule has 2 rings (SSSR count). The van der Waals surface area contributed by atoms with Gasteiger partial charge in [0.1, 0.15) is 18.0 Å². The fourth-order valence-electron chi connectivity index (χ4n) is 1.78. The lowest BCUT2D eigenvalue weighted by Gasteiger charge is -2.19. The number of anilines is 2. The Balaban J connectivity index is 2.18. The summed E-state index contributed by atoms with van der Waals surface area (Å²) in [5.41, 5.74) is 6.72. The topological polar surface area (TPSA) is 93.2 Å². The number of aromatic nitrogens is 1. The van der Waals surface area contributed by atoms with E-state index < -0.39 is 0 Å². The number of rotatable bonds is 3. The van der Waals surface area contributed by atoms with Gasteiger partial charge >= 0.3 is 0 Å². The predicted octanol–water partition coefficient (Wildman–Crippen LogP) is 0.361. The van der Waals surface area contributed by atoms with Gasteiger partial charge in [-0.25, -0.2) is 4.98 Å². The van der Waals surface area contributed by atoms with Crippen LogP contribution in [0.1, 0.15) is 5.56 Å². The van der Waals surface area contributed by atoms with Gasteiger partial charge in [-0.15, -0.1) is 0 Å². The second kappa shape index (κ2) is 4.99. The van der Waals surface area contributed by atoms with Crippen LogP contribution in [-0.2, 0) is 9.47 Å². The lowest BCUT2D eigenvalue weighted by Crippen LogP contribution is -2.33. The molecule has 0 amide bonds. The SMILES string of the molecule is CO[C@H]1COC[C@@H]1Nc1cc(N)ncc1C#N. The van der Waals surface area contributed by atoms with E-state index in [1.54, 1.807) is 13.2 Å². The Hall–Kier alpha value is -1.84. The third-order valence-electron chi connectivity index (χ3n) is 2.72. The maximum atomic E-state index is 8.97. The average Bonchev–Trinajstić information content (AvgIpc) is 2.77. The van der Waals surface area contributed by atoms with Crippen molar-refractivity contribution < 1.29 is 9.47 Å². The summed E-state index contributed by atoms with van der Waals surface area (Å²) >= 11 is 0. The summed E-state index contributed by atoms with van der Waals surface area (Å²) in [6.07, 6.45) is 1.44. The smallest absolute Gasteiger partial charge is 0.125 e. The first-order valence-electron chi connectivity index (χ1n) is 5.27. The Labute approximate surface area is 99.3 Å². The number of nitrogen functional groups attached to an aromatic ring is 1. The number of ether oxygens (including phenoxy) is 2. The van der Waals surface area contributed by atoms with Gasteiger partial charge < -0.3 is 20.5 Å². The molecule has 2 atom stereocenters. The van der Waals surface area contributed by atoms with Crippen LogP contribution < -0.4 is 11.1 Å². The van der Waals surface area contributed by atoms with E-state index in [9.17, 15) is 0 Å². The third kappa shape index (κ3) is 2.46. The Kier molecular flexibility index (Phi) is 3.42. The molecule has 0 aliphatic carbocycles. The van der Waals surface area contributed by atoms with Gasteiger partial charge in [0, 0.05) is 19.4 Å². The van der Waals surface area contributed by atoms with Gasteiger partial charge in [-0.3, -0.25) is 0 Å². The second-order valence-electron chi connectivity index (χ2n) is 3.83. The van der Waals surface area contributed by atoms with Crippen LogP contribution in [-0.4, -0.2) is 37.5 Å². The molecule has 0 radical (unpaired) electrons. The quantitative estimate of drug-likeness (QED) is 0.784. The van der Waals surface area contributed by atoms with Crippen LogP contribution >= 0.6 is 0 Å². The largest absolute Gasteiger partial charge is 0.384 e. The Morgan fingerprint density at radius 1 is 1.65 bits per heavy atom. The molecular formula is C11H14N4O2. The Morgan fingerprint density at radius 3 is 3.18 bits per heavy atom. The molecule has 1 aliphatic rings. The number of hydrogen-bond acceptors (Lipinski definition) is 6. The molecule has 1 aromatic heterocycles. The average molecular weight is 234 g/mol. The van der Waals surface area contributed by atoms with Gasteiger partial charge in [0.15, 0.2) is 0 Å². The maximum Gasteiger partial charge on any atom is 0.125 e. The fourth-order valence-corrected chi connectivity index (χ4v) is 1.78. The molecule has 0 unspecified atom stereocenters. The van der Waals surface area contributed by atoms with Crippen LogP contribution in [0.4, 0.5) is 11.5 Å². The first-order valence-corrected chi connectivity index (χ1v) is 5.27. The molecule has 3 N–H and O–H groups in total. The number of nitrogens with two attached hydrogens (primary N) is 1. The molecule has 17 heavy (non-hydrogen) atoms. The van der Waals surface area contributed by atoms with Crippen LogP contribution in [0.25, 0.3) is 0 Å². The summed E-state index contributed by atoms with van der Waals surface area (Å²) in [4.78, 5) is 3.88. The molecule has 0 saturated carbocycles. The molecule has 6 nitrogen and oxygen atoms in total. The van der Waals surface area contributed by atoms with Crippen LogP contribution in [0.3, 0.4) is 0 Å². The molecule has 1 aromatic rings. The fraction of sp³-hybridized carbons (Fsp3) is 0.455. The highest BCUT2D eigenvalue weighted by molar-refractivity contribution is 5.61. The van der Waals surface area contributed by atoms with Crippen LogP contribution in [0.2, 0.25) is 0 Å². The molecular weight excluding hydrogens is 220 g/mol. The van der Waals surface area contributed by atoms with Crippen molar-refractivity contribution in [1.82, 2.24) is 4.98 Å². The molecule has 1 aliphatic heterocycles. The summed E-state index contributed by atoms with van der Waals surface area (Å²) in [5, 5.41) is 12.2. The van der Waals surface area contributed by atoms with Crippen molar-refractivity contribution in [1.29, 1.82) is 5.26 Å². The molecule has 2 heterocycles. The molecule has 1 fully saturated rings. The van der Waals surface area contributed by atoms with Crippen molar-refractivity contribution >= 4 is 11.5 Å². The summed E-state index contributed by atoms with van der Waals surface area (Å²) in [6, 6.07) is 3.73. The van der Waals surface area contributed by atoms with E-state index >= 15 is 0 Å². The second-order valence-corrected chi connectivity index (χ2v) is 3.83. The maximum absolute atomic E-state index is 8.97. The van der Waals surface area contributed by atoms with Crippen molar-refractivity contribution in [2.24, 2.45) is 0 Å². The highest BCUT2D eigenvalue weighted by Crippen LogP contribution is 2.20. The van der Waals surface area contributed by atoms with E-state index in [0.29, 0.717) is 30.3 Å². The van der Waals surface area contributed by atoms with Crippen molar-refractivity contribution in [2.75, 3.05) is 31.4 Å². The summed E-state index contributed by atoms with van der Waals surface area (Å²) in [7, 11) is 1.64. The van der Waals surface area contributed by atoms with E-state index in [1.807, 2.05) is 0 Å². The third-order valence-corrected chi connectivity index (χ3v) is 2.72. The van der Waals surface area contributed by atoms with Crippen molar-refractivity contribution in [3.05, 3.63) is 17.8 Å². The molecule has 6 heteroatoms. The first kappa shape index (κ1) is 11.6. The lowest BCUT2D eigenvalue weighted by atomic mass is 10.1. The van der Waals surface area contributed by atoms with Crippen molar-refractivity contribution in [2.45, 2.75) is 12.1 Å². The lowest BCUT2D eigenvalue weighted by molar-refractivity contribution is 0.0795. The number of pyridine rings is 1. The van der Waals surface area contributed by atoms with Crippen LogP contribution in [0.15, 0.2) is 12.3 Å². The zero-order chi connectivity index (χ0) is 12.3. The van der Waals surface area contributed by atoms with E-state index in [-0.39, 0.29) is 12.1 Å². The molecule has 0 bridgehead atoms. The van der Waals surface area contributed by atoms with Crippen LogP contribution in [0.5, 0.6) is 0 Å². The van der Waals surface area contributed by atoms with Crippen molar-refractivity contribution in [3.63, 3.8) is 0 Å². The Morgan fingerprint density at radius 2 is 2.47 bits per heavy atom. The zero-order valence-corrected chi connectivity index (χ0v) is 9.51.